The van der Waals surface area contributed by atoms with Gasteiger partial charge in [-0.15, -0.1) is 0 Å². The monoisotopic (exact) mass is 288 g/mol. The van der Waals surface area contributed by atoms with E-state index in [1.165, 1.54) is 32.1 Å². The fourth-order valence-electron chi connectivity index (χ4n) is 5.58. The Morgan fingerprint density at radius 3 is 2.86 bits per heavy atom. The summed E-state index contributed by atoms with van der Waals surface area (Å²) in [5, 5.41) is 3.89. The first kappa shape index (κ1) is 13.8. The van der Waals surface area contributed by atoms with Crippen LogP contribution in [0.1, 0.15) is 43.9 Å². The summed E-state index contributed by atoms with van der Waals surface area (Å²) in [6.07, 6.45) is 9.21. The van der Waals surface area contributed by atoms with Gasteiger partial charge in [0.15, 0.2) is 0 Å². The van der Waals surface area contributed by atoms with Crippen molar-refractivity contribution in [3.63, 3.8) is 0 Å². The van der Waals surface area contributed by atoms with E-state index in [1.54, 1.807) is 6.26 Å². The minimum atomic E-state index is 0.346. The van der Waals surface area contributed by atoms with Crippen molar-refractivity contribution in [2.45, 2.75) is 44.2 Å². The van der Waals surface area contributed by atoms with Crippen LogP contribution in [0.15, 0.2) is 22.8 Å². The number of hydrogen-bond acceptors (Lipinski definition) is 3. The SMILES string of the molecule is CN(C)C(CNC1CC2CC1C1CCCC21)c1ccco1. The Morgan fingerprint density at radius 2 is 2.10 bits per heavy atom. The molecule has 3 nitrogen and oxygen atoms in total. The van der Waals surface area contributed by atoms with Crippen LogP contribution in [0, 0.1) is 23.7 Å². The number of hydrogen-bond donors (Lipinski definition) is 1. The Kier molecular flexibility index (Phi) is 3.58. The number of rotatable bonds is 5. The number of nitrogens with one attached hydrogen (secondary N) is 1. The highest BCUT2D eigenvalue weighted by molar-refractivity contribution is 5.08. The van der Waals surface area contributed by atoms with Crippen LogP contribution in [-0.4, -0.2) is 31.6 Å². The van der Waals surface area contributed by atoms with E-state index in [1.807, 2.05) is 6.07 Å². The maximum absolute atomic E-state index is 5.62. The minimum Gasteiger partial charge on any atom is -0.468 e. The van der Waals surface area contributed by atoms with Gasteiger partial charge < -0.3 is 9.73 Å². The highest BCUT2D eigenvalue weighted by Crippen LogP contribution is 2.58. The molecule has 3 aliphatic carbocycles. The summed E-state index contributed by atoms with van der Waals surface area (Å²) in [7, 11) is 4.28. The van der Waals surface area contributed by atoms with Crippen LogP contribution >= 0.6 is 0 Å². The van der Waals surface area contributed by atoms with Gasteiger partial charge in [-0.2, -0.15) is 0 Å². The highest BCUT2D eigenvalue weighted by Gasteiger charge is 2.53. The van der Waals surface area contributed by atoms with Crippen LogP contribution in [0.25, 0.3) is 0 Å². The molecule has 1 aromatic rings. The lowest BCUT2D eigenvalue weighted by Gasteiger charge is -2.34. The van der Waals surface area contributed by atoms with E-state index in [9.17, 15) is 0 Å². The molecule has 0 amide bonds. The van der Waals surface area contributed by atoms with Gasteiger partial charge in [-0.25, -0.2) is 0 Å². The second-order valence-electron chi connectivity index (χ2n) is 7.66. The molecule has 0 saturated heterocycles. The van der Waals surface area contributed by atoms with E-state index < -0.39 is 0 Å². The average molecular weight is 288 g/mol. The maximum Gasteiger partial charge on any atom is 0.122 e. The lowest BCUT2D eigenvalue weighted by molar-refractivity contribution is 0.186. The molecule has 21 heavy (non-hydrogen) atoms. The zero-order valence-corrected chi connectivity index (χ0v) is 13.3. The second kappa shape index (κ2) is 5.44. The van der Waals surface area contributed by atoms with E-state index in [0.717, 1.165) is 42.0 Å². The van der Waals surface area contributed by atoms with Crippen LogP contribution in [0.4, 0.5) is 0 Å². The largest absolute Gasteiger partial charge is 0.468 e. The lowest BCUT2D eigenvalue weighted by Crippen LogP contribution is -2.42. The first-order valence-corrected chi connectivity index (χ1v) is 8.67. The molecule has 2 bridgehead atoms. The summed E-state index contributed by atoms with van der Waals surface area (Å²) in [4.78, 5) is 2.26. The van der Waals surface area contributed by atoms with Gasteiger partial charge >= 0.3 is 0 Å². The van der Waals surface area contributed by atoms with E-state index in [2.05, 4.69) is 30.4 Å². The number of likely N-dealkylation sites (N-methyl/N-ethyl adjacent to an activating group) is 1. The summed E-state index contributed by atoms with van der Waals surface area (Å²) < 4.78 is 5.62. The van der Waals surface area contributed by atoms with Crippen LogP contribution in [0.5, 0.6) is 0 Å². The zero-order valence-electron chi connectivity index (χ0n) is 13.3. The van der Waals surface area contributed by atoms with Gasteiger partial charge in [0, 0.05) is 12.6 Å². The highest BCUT2D eigenvalue weighted by atomic mass is 16.3. The topological polar surface area (TPSA) is 28.4 Å². The van der Waals surface area contributed by atoms with Crippen LogP contribution in [-0.2, 0) is 0 Å². The summed E-state index contributed by atoms with van der Waals surface area (Å²) in [6.45, 7) is 1.01. The molecule has 0 spiro atoms. The molecule has 0 aromatic carbocycles. The van der Waals surface area contributed by atoms with Crippen molar-refractivity contribution in [2.75, 3.05) is 20.6 Å². The third-order valence-electron chi connectivity index (χ3n) is 6.50. The molecule has 6 unspecified atom stereocenters. The molecule has 0 radical (unpaired) electrons. The number of nitrogens with zero attached hydrogens (tertiary/aromatic N) is 1. The molecule has 1 heterocycles. The van der Waals surface area contributed by atoms with Gasteiger partial charge in [0.1, 0.15) is 5.76 Å². The van der Waals surface area contributed by atoms with E-state index in [4.69, 9.17) is 4.42 Å². The Hall–Kier alpha value is -0.800. The smallest absolute Gasteiger partial charge is 0.122 e. The molecule has 4 rings (SSSR count). The molecule has 116 valence electrons. The van der Waals surface area contributed by atoms with Crippen molar-refractivity contribution >= 4 is 0 Å². The van der Waals surface area contributed by atoms with Crippen molar-refractivity contribution in [3.8, 4) is 0 Å². The zero-order chi connectivity index (χ0) is 14.4. The van der Waals surface area contributed by atoms with Crippen LogP contribution in [0.2, 0.25) is 0 Å². The predicted molar refractivity (Wildman–Crippen MR) is 84.0 cm³/mol. The minimum absolute atomic E-state index is 0.346. The lowest BCUT2D eigenvalue weighted by atomic mass is 9.79. The van der Waals surface area contributed by atoms with Crippen molar-refractivity contribution < 1.29 is 4.42 Å². The average Bonchev–Trinajstić information content (AvgIpc) is 3.21. The van der Waals surface area contributed by atoms with E-state index in [0.29, 0.717) is 6.04 Å². The summed E-state index contributed by atoms with van der Waals surface area (Å²) >= 11 is 0. The molecule has 1 aromatic heterocycles. The summed E-state index contributed by atoms with van der Waals surface area (Å²) in [5.41, 5.74) is 0. The Morgan fingerprint density at radius 1 is 1.24 bits per heavy atom. The van der Waals surface area contributed by atoms with Crippen LogP contribution in [0.3, 0.4) is 0 Å². The first-order chi connectivity index (χ1) is 10.2. The fourth-order valence-corrected chi connectivity index (χ4v) is 5.58. The van der Waals surface area contributed by atoms with Gasteiger partial charge in [-0.1, -0.05) is 6.42 Å². The fraction of sp³-hybridized carbons (Fsp3) is 0.778. The third kappa shape index (κ3) is 2.35. The maximum atomic E-state index is 5.62. The Bertz CT molecular complexity index is 470. The summed E-state index contributed by atoms with van der Waals surface area (Å²) in [5.74, 6) is 5.20. The Labute approximate surface area is 128 Å². The van der Waals surface area contributed by atoms with E-state index >= 15 is 0 Å². The molecule has 3 heteroatoms. The molecular formula is C18H28N2O. The molecule has 3 aliphatic rings. The normalized spacial score (nSPS) is 39.1. The van der Waals surface area contributed by atoms with Gasteiger partial charge in [-0.3, -0.25) is 4.90 Å². The molecule has 0 aliphatic heterocycles. The van der Waals surface area contributed by atoms with Crippen molar-refractivity contribution in [1.29, 1.82) is 0 Å². The number of furan rings is 1. The standard InChI is InChI=1S/C18H28N2O/c1-20(2)17(18-7-4-8-21-18)11-19-16-10-12-9-15(16)14-6-3-5-13(12)14/h4,7-8,12-17,19H,3,5-6,9-11H2,1-2H3. The summed E-state index contributed by atoms with van der Waals surface area (Å²) in [6, 6.07) is 5.19. The van der Waals surface area contributed by atoms with Gasteiger partial charge in [0.25, 0.3) is 0 Å². The van der Waals surface area contributed by atoms with Crippen molar-refractivity contribution in [2.24, 2.45) is 23.7 Å². The van der Waals surface area contributed by atoms with Crippen molar-refractivity contribution in [3.05, 3.63) is 24.2 Å². The van der Waals surface area contributed by atoms with Gasteiger partial charge in [-0.05, 0) is 75.6 Å². The number of fused-ring (bicyclic) bond motifs is 5. The third-order valence-corrected chi connectivity index (χ3v) is 6.50. The van der Waals surface area contributed by atoms with Gasteiger partial charge in [0.2, 0.25) is 0 Å². The van der Waals surface area contributed by atoms with Gasteiger partial charge in [0.05, 0.1) is 12.3 Å². The van der Waals surface area contributed by atoms with E-state index in [-0.39, 0.29) is 0 Å². The molecule has 1 N–H and O–H groups in total. The Balaban J connectivity index is 1.39. The van der Waals surface area contributed by atoms with Crippen molar-refractivity contribution in [1.82, 2.24) is 10.2 Å². The predicted octanol–water partition coefficient (Wildman–Crippen LogP) is 3.30. The molecule has 3 fully saturated rings. The second-order valence-corrected chi connectivity index (χ2v) is 7.66. The molecule has 3 saturated carbocycles. The quantitative estimate of drug-likeness (QED) is 0.901. The van der Waals surface area contributed by atoms with Crippen LogP contribution < -0.4 is 5.32 Å². The molecule has 6 atom stereocenters. The first-order valence-electron chi connectivity index (χ1n) is 8.67. The molecular weight excluding hydrogens is 260 g/mol.